The van der Waals surface area contributed by atoms with Gasteiger partial charge in [-0.2, -0.15) is 26.3 Å². The van der Waals surface area contributed by atoms with Crippen LogP contribution in [0.15, 0.2) is 0 Å². The molecule has 0 unspecified atom stereocenters. The number of alkyl halides is 6. The topological polar surface area (TPSA) is 105 Å². The molecule has 4 atom stereocenters. The predicted octanol–water partition coefficient (Wildman–Crippen LogP) is 4.74. The fourth-order valence-electron chi connectivity index (χ4n) is 2.91. The van der Waals surface area contributed by atoms with E-state index in [1.54, 1.807) is 27.7 Å². The maximum atomic E-state index is 12.5. The van der Waals surface area contributed by atoms with Crippen molar-refractivity contribution in [1.29, 1.82) is 0 Å². The van der Waals surface area contributed by atoms with E-state index in [2.05, 4.69) is 9.47 Å². The van der Waals surface area contributed by atoms with Gasteiger partial charge in [-0.05, 0) is 32.6 Å². The number of hydrogen-bond donors (Lipinski definition) is 2. The minimum atomic E-state index is -4.58. The number of hydrogen-bond acceptors (Lipinski definition) is 6. The Bertz CT molecular complexity index is 556. The first kappa shape index (κ1) is 33.6. The summed E-state index contributed by atoms with van der Waals surface area (Å²) >= 11 is 0. The predicted molar refractivity (Wildman–Crippen MR) is 112 cm³/mol. The van der Waals surface area contributed by atoms with Crippen molar-refractivity contribution < 1.29 is 45.4 Å². The molecule has 0 aromatic carbocycles. The van der Waals surface area contributed by atoms with Crippen LogP contribution in [0.25, 0.3) is 0 Å². The van der Waals surface area contributed by atoms with Crippen LogP contribution in [-0.2, 0) is 19.1 Å². The molecule has 0 bridgehead atoms. The fourth-order valence-corrected chi connectivity index (χ4v) is 2.91. The maximum absolute atomic E-state index is 12.5. The molecule has 6 nitrogen and oxygen atoms in total. The Morgan fingerprint density at radius 1 is 0.758 bits per heavy atom. The molecule has 12 heteroatoms. The number of ether oxygens (including phenoxy) is 2. The fraction of sp³-hybridized carbons (Fsp3) is 0.905. The van der Waals surface area contributed by atoms with Crippen LogP contribution < -0.4 is 11.5 Å². The van der Waals surface area contributed by atoms with Crippen molar-refractivity contribution in [1.82, 2.24) is 0 Å². The average molecular weight is 497 g/mol. The van der Waals surface area contributed by atoms with E-state index < -0.39 is 48.2 Å². The number of carbonyl (C=O) groups excluding carboxylic acids is 2. The van der Waals surface area contributed by atoms with Crippen molar-refractivity contribution in [2.45, 2.75) is 91.2 Å². The van der Waals surface area contributed by atoms with E-state index in [1.165, 1.54) is 0 Å². The molecule has 0 aromatic heterocycles. The van der Waals surface area contributed by atoms with Crippen LogP contribution in [0.1, 0.15) is 66.7 Å². The number of carbonyl (C=O) groups is 2. The summed E-state index contributed by atoms with van der Waals surface area (Å²) in [6, 6.07) is -4.30. The molecule has 0 rings (SSSR count). The molecule has 0 saturated heterocycles. The highest BCUT2D eigenvalue weighted by molar-refractivity contribution is 5.73. The van der Waals surface area contributed by atoms with E-state index in [4.69, 9.17) is 11.5 Å². The Kier molecular flexibility index (Phi) is 16.4. The van der Waals surface area contributed by atoms with Crippen molar-refractivity contribution in [3.8, 4) is 0 Å². The number of unbranched alkanes of at least 4 members (excludes halogenated alkanes) is 2. The Morgan fingerprint density at radius 3 is 1.48 bits per heavy atom. The normalized spacial score (nSPS) is 15.7. The molecule has 0 aliphatic rings. The van der Waals surface area contributed by atoms with Crippen LogP contribution in [0, 0.1) is 17.8 Å². The van der Waals surface area contributed by atoms with Gasteiger partial charge >= 0.3 is 24.3 Å². The first-order valence-electron chi connectivity index (χ1n) is 11.0. The summed E-state index contributed by atoms with van der Waals surface area (Å²) in [5.74, 6) is -4.39. The SMILES string of the molecule is CCCCC[C@H](C(=O)OCC)[C@H](N)C(F)(F)F.CCOC(=O)[C@@H](CC(C)C)[C@H](N)C(F)(F)F. The van der Waals surface area contributed by atoms with Gasteiger partial charge in [0.25, 0.3) is 0 Å². The lowest BCUT2D eigenvalue weighted by Gasteiger charge is -2.25. The van der Waals surface area contributed by atoms with Crippen LogP contribution in [0.2, 0.25) is 0 Å². The number of rotatable bonds is 12. The van der Waals surface area contributed by atoms with Gasteiger partial charge in [0.15, 0.2) is 0 Å². The molecular formula is C21H38F6N2O4. The molecule has 0 radical (unpaired) electrons. The van der Waals surface area contributed by atoms with E-state index >= 15 is 0 Å². The standard InChI is InChI=1S/C11H20F3NO2.C10H18F3NO2/c1-3-5-6-7-8(10(16)17-4-2)9(15)11(12,13)14;1-4-16-9(15)7(5-6(2)3)8(14)10(11,12)13/h8-9H,3-7,15H2,1-2H3;6-8H,4-5,14H2,1-3H3/t8-,9-;7-,8-/m00/s1. The summed E-state index contributed by atoms with van der Waals surface area (Å²) in [7, 11) is 0. The number of halogens is 6. The molecular weight excluding hydrogens is 458 g/mol. The molecule has 0 heterocycles. The van der Waals surface area contributed by atoms with Gasteiger partial charge in [0.2, 0.25) is 0 Å². The largest absolute Gasteiger partial charge is 0.466 e. The summed E-state index contributed by atoms with van der Waals surface area (Å²) in [6.07, 6.45) is -6.76. The summed E-state index contributed by atoms with van der Waals surface area (Å²) in [5.41, 5.74) is 10.1. The third kappa shape index (κ3) is 14.3. The van der Waals surface area contributed by atoms with Crippen LogP contribution in [0.3, 0.4) is 0 Å². The van der Waals surface area contributed by atoms with Gasteiger partial charge in [0.1, 0.15) is 12.1 Å². The molecule has 0 aromatic rings. The lowest BCUT2D eigenvalue weighted by atomic mass is 9.90. The van der Waals surface area contributed by atoms with Crippen LogP contribution in [0.5, 0.6) is 0 Å². The highest BCUT2D eigenvalue weighted by atomic mass is 19.4. The quantitative estimate of drug-likeness (QED) is 0.230. The van der Waals surface area contributed by atoms with E-state index in [9.17, 15) is 35.9 Å². The molecule has 0 spiro atoms. The minimum absolute atomic E-state index is 0.0530. The van der Waals surface area contributed by atoms with Gasteiger partial charge in [-0.15, -0.1) is 0 Å². The Hall–Kier alpha value is -1.56. The van der Waals surface area contributed by atoms with Crippen molar-refractivity contribution >= 4 is 11.9 Å². The molecule has 0 aliphatic heterocycles. The molecule has 4 N–H and O–H groups in total. The van der Waals surface area contributed by atoms with E-state index in [-0.39, 0.29) is 32.0 Å². The third-order valence-electron chi connectivity index (χ3n) is 4.65. The highest BCUT2D eigenvalue weighted by Crippen LogP contribution is 2.29. The Labute approximate surface area is 191 Å². The molecule has 0 fully saturated rings. The smallest absolute Gasteiger partial charge is 0.404 e. The first-order chi connectivity index (χ1) is 15.0. The van der Waals surface area contributed by atoms with E-state index in [0.717, 1.165) is 12.8 Å². The van der Waals surface area contributed by atoms with Gasteiger partial charge in [-0.3, -0.25) is 9.59 Å². The monoisotopic (exact) mass is 496 g/mol. The van der Waals surface area contributed by atoms with Crippen molar-refractivity contribution in [3.05, 3.63) is 0 Å². The molecule has 33 heavy (non-hydrogen) atoms. The van der Waals surface area contributed by atoms with Gasteiger partial charge in [-0.1, -0.05) is 40.0 Å². The average Bonchev–Trinajstić information content (AvgIpc) is 2.67. The van der Waals surface area contributed by atoms with E-state index in [1.807, 2.05) is 6.92 Å². The van der Waals surface area contributed by atoms with Gasteiger partial charge < -0.3 is 20.9 Å². The van der Waals surface area contributed by atoms with Crippen molar-refractivity contribution in [3.63, 3.8) is 0 Å². The lowest BCUT2D eigenvalue weighted by Crippen LogP contribution is -2.47. The summed E-state index contributed by atoms with van der Waals surface area (Å²) in [5, 5.41) is 0. The number of esters is 2. The Balaban J connectivity index is 0. The minimum Gasteiger partial charge on any atom is -0.466 e. The second kappa shape index (κ2) is 16.1. The molecule has 198 valence electrons. The second-order valence-corrected chi connectivity index (χ2v) is 7.98. The first-order valence-corrected chi connectivity index (χ1v) is 11.0. The van der Waals surface area contributed by atoms with Crippen LogP contribution in [0.4, 0.5) is 26.3 Å². The zero-order chi connectivity index (χ0) is 26.4. The van der Waals surface area contributed by atoms with Gasteiger partial charge in [0.05, 0.1) is 25.0 Å². The molecule has 0 aliphatic carbocycles. The van der Waals surface area contributed by atoms with Crippen molar-refractivity contribution in [2.24, 2.45) is 29.2 Å². The lowest BCUT2D eigenvalue weighted by molar-refractivity contribution is -0.177. The second-order valence-electron chi connectivity index (χ2n) is 7.98. The Morgan fingerprint density at radius 2 is 1.15 bits per heavy atom. The van der Waals surface area contributed by atoms with Gasteiger partial charge in [-0.25, -0.2) is 0 Å². The number of nitrogens with two attached hydrogens (primary N) is 2. The highest BCUT2D eigenvalue weighted by Gasteiger charge is 2.46. The summed E-state index contributed by atoms with van der Waals surface area (Å²) in [4.78, 5) is 22.8. The van der Waals surface area contributed by atoms with E-state index in [0.29, 0.717) is 6.42 Å². The zero-order valence-corrected chi connectivity index (χ0v) is 19.9. The van der Waals surface area contributed by atoms with Gasteiger partial charge in [0, 0.05) is 0 Å². The maximum Gasteiger partial charge on any atom is 0.404 e. The summed E-state index contributed by atoms with van der Waals surface area (Å²) < 4.78 is 83.9. The zero-order valence-electron chi connectivity index (χ0n) is 19.9. The van der Waals surface area contributed by atoms with Crippen LogP contribution >= 0.6 is 0 Å². The summed E-state index contributed by atoms with van der Waals surface area (Å²) in [6.45, 7) is 8.61. The van der Waals surface area contributed by atoms with Crippen molar-refractivity contribution in [2.75, 3.05) is 13.2 Å². The van der Waals surface area contributed by atoms with Crippen LogP contribution in [-0.4, -0.2) is 49.6 Å². The molecule has 0 amide bonds. The molecule has 0 saturated carbocycles. The third-order valence-corrected chi connectivity index (χ3v) is 4.65.